The summed E-state index contributed by atoms with van der Waals surface area (Å²) in [7, 11) is 3.23. The lowest BCUT2D eigenvalue weighted by Gasteiger charge is -2.28. The van der Waals surface area contributed by atoms with Gasteiger partial charge in [0.1, 0.15) is 22.9 Å². The Bertz CT molecular complexity index is 823. The number of carbonyl (C=O) groups excluding carboxylic acids is 2. The molecule has 28 heavy (non-hydrogen) atoms. The minimum absolute atomic E-state index is 0.115. The number of ether oxygens (including phenoxy) is 2. The number of hydrogen-bond acceptors (Lipinski definition) is 5. The topological polar surface area (TPSA) is 67.9 Å². The van der Waals surface area contributed by atoms with Crippen molar-refractivity contribution in [3.05, 3.63) is 59.7 Å². The van der Waals surface area contributed by atoms with Crippen molar-refractivity contribution >= 4 is 23.6 Å². The van der Waals surface area contributed by atoms with Crippen LogP contribution in [0.25, 0.3) is 0 Å². The van der Waals surface area contributed by atoms with Gasteiger partial charge in [0.05, 0.1) is 14.2 Å². The van der Waals surface area contributed by atoms with Crippen LogP contribution < -0.4 is 14.8 Å². The summed E-state index contributed by atoms with van der Waals surface area (Å²) in [4.78, 5) is 26.7. The van der Waals surface area contributed by atoms with E-state index in [1.165, 1.54) is 6.92 Å². The third-order valence-corrected chi connectivity index (χ3v) is 6.02. The van der Waals surface area contributed by atoms with Crippen LogP contribution in [0.1, 0.15) is 23.4 Å². The number of nitrogens with zero attached hydrogens (tertiary/aromatic N) is 1. The molecule has 0 radical (unpaired) electrons. The van der Waals surface area contributed by atoms with Crippen molar-refractivity contribution in [1.29, 1.82) is 0 Å². The SMILES string of the molecule is COc1ccc(CNC(=O)[C@@H]2CS[C@@H](c3ccc(OC)cc3)N2C(C)=O)cc1. The molecule has 2 amide bonds. The van der Waals surface area contributed by atoms with Gasteiger partial charge in [0, 0.05) is 19.2 Å². The number of amides is 2. The Morgan fingerprint density at radius 1 is 1.04 bits per heavy atom. The Balaban J connectivity index is 1.67. The molecular weight excluding hydrogens is 376 g/mol. The maximum absolute atomic E-state index is 12.8. The number of benzene rings is 2. The number of carbonyl (C=O) groups is 2. The molecule has 7 heteroatoms. The summed E-state index contributed by atoms with van der Waals surface area (Å²) in [6, 6.07) is 14.6. The molecule has 3 rings (SSSR count). The van der Waals surface area contributed by atoms with Crippen LogP contribution in [-0.2, 0) is 16.1 Å². The van der Waals surface area contributed by atoms with Gasteiger partial charge in [0.2, 0.25) is 11.8 Å². The van der Waals surface area contributed by atoms with Crippen molar-refractivity contribution in [1.82, 2.24) is 10.2 Å². The van der Waals surface area contributed by atoms with Crippen LogP contribution in [0.3, 0.4) is 0 Å². The normalized spacial score (nSPS) is 18.6. The van der Waals surface area contributed by atoms with Crippen LogP contribution in [0.4, 0.5) is 0 Å². The van der Waals surface area contributed by atoms with Gasteiger partial charge in [0.25, 0.3) is 0 Å². The van der Waals surface area contributed by atoms with E-state index in [0.29, 0.717) is 12.3 Å². The number of hydrogen-bond donors (Lipinski definition) is 1. The zero-order chi connectivity index (χ0) is 20.1. The number of methoxy groups -OCH3 is 2. The average molecular weight is 401 g/mol. The first-order valence-corrected chi connectivity index (χ1v) is 10.0. The Kier molecular flexibility index (Phi) is 6.46. The lowest BCUT2D eigenvalue weighted by molar-refractivity contribution is -0.138. The summed E-state index contributed by atoms with van der Waals surface area (Å²) in [5, 5.41) is 2.77. The molecule has 2 atom stereocenters. The van der Waals surface area contributed by atoms with Gasteiger partial charge in [-0.3, -0.25) is 9.59 Å². The predicted octanol–water partition coefficient (Wildman–Crippen LogP) is 2.98. The summed E-state index contributed by atoms with van der Waals surface area (Å²) in [6.07, 6.45) is 0. The molecule has 1 aliphatic rings. The van der Waals surface area contributed by atoms with Crippen molar-refractivity contribution < 1.29 is 19.1 Å². The summed E-state index contributed by atoms with van der Waals surface area (Å²) in [5.41, 5.74) is 1.95. The average Bonchev–Trinajstić information content (AvgIpc) is 3.18. The maximum atomic E-state index is 12.8. The van der Waals surface area contributed by atoms with Gasteiger partial charge in [-0.15, -0.1) is 11.8 Å². The van der Waals surface area contributed by atoms with Crippen LogP contribution in [0.2, 0.25) is 0 Å². The minimum atomic E-state index is -0.493. The molecule has 0 aromatic heterocycles. The molecule has 0 saturated carbocycles. The van der Waals surface area contributed by atoms with E-state index in [1.807, 2.05) is 48.5 Å². The van der Waals surface area contributed by atoms with Crippen LogP contribution >= 0.6 is 11.8 Å². The highest BCUT2D eigenvalue weighted by atomic mass is 32.2. The second-order valence-electron chi connectivity index (χ2n) is 6.47. The van der Waals surface area contributed by atoms with Crippen LogP contribution in [0, 0.1) is 0 Å². The van der Waals surface area contributed by atoms with E-state index >= 15 is 0 Å². The second-order valence-corrected chi connectivity index (χ2v) is 7.58. The van der Waals surface area contributed by atoms with Gasteiger partial charge in [-0.05, 0) is 35.4 Å². The van der Waals surface area contributed by atoms with Gasteiger partial charge in [-0.25, -0.2) is 0 Å². The van der Waals surface area contributed by atoms with Gasteiger partial charge < -0.3 is 19.7 Å². The van der Waals surface area contributed by atoms with Gasteiger partial charge in [-0.1, -0.05) is 24.3 Å². The number of rotatable bonds is 6. The third kappa shape index (κ3) is 4.42. The highest BCUT2D eigenvalue weighted by molar-refractivity contribution is 7.99. The van der Waals surface area contributed by atoms with E-state index < -0.39 is 6.04 Å². The first-order chi connectivity index (χ1) is 13.5. The fraction of sp³-hybridized carbons (Fsp3) is 0.333. The summed E-state index contributed by atoms with van der Waals surface area (Å²) in [5.74, 6) is 1.83. The summed E-state index contributed by atoms with van der Waals surface area (Å²) < 4.78 is 10.3. The number of thioether (sulfide) groups is 1. The van der Waals surface area contributed by atoms with Gasteiger partial charge in [-0.2, -0.15) is 0 Å². The lowest BCUT2D eigenvalue weighted by atomic mass is 10.1. The Labute approximate surface area is 169 Å². The second kappa shape index (κ2) is 9.01. The Morgan fingerprint density at radius 2 is 1.61 bits per heavy atom. The van der Waals surface area contributed by atoms with Crippen LogP contribution in [0.15, 0.2) is 48.5 Å². The summed E-state index contributed by atoms with van der Waals surface area (Å²) >= 11 is 1.60. The lowest BCUT2D eigenvalue weighted by Crippen LogP contribution is -2.47. The van der Waals surface area contributed by atoms with Crippen molar-refractivity contribution in [3.63, 3.8) is 0 Å². The largest absolute Gasteiger partial charge is 0.497 e. The standard InChI is InChI=1S/C21H24N2O4S/c1-14(24)23-19(13-28-21(23)16-6-10-18(27-3)11-7-16)20(25)22-12-15-4-8-17(26-2)9-5-15/h4-11,19,21H,12-13H2,1-3H3,(H,22,25)/t19-,21-/m0/s1. The highest BCUT2D eigenvalue weighted by Crippen LogP contribution is 2.41. The molecule has 148 valence electrons. The molecule has 2 aromatic carbocycles. The molecule has 0 unspecified atom stereocenters. The molecule has 1 N–H and O–H groups in total. The van der Waals surface area contributed by atoms with Crippen LogP contribution in [0.5, 0.6) is 11.5 Å². The minimum Gasteiger partial charge on any atom is -0.497 e. The van der Waals surface area contributed by atoms with E-state index in [4.69, 9.17) is 9.47 Å². The van der Waals surface area contributed by atoms with E-state index in [1.54, 1.807) is 30.9 Å². The monoisotopic (exact) mass is 400 g/mol. The molecule has 2 aromatic rings. The Morgan fingerprint density at radius 3 is 2.14 bits per heavy atom. The van der Waals surface area contributed by atoms with Crippen molar-refractivity contribution in [2.24, 2.45) is 0 Å². The van der Waals surface area contributed by atoms with E-state index in [0.717, 1.165) is 22.6 Å². The van der Waals surface area contributed by atoms with Gasteiger partial charge >= 0.3 is 0 Å². The molecule has 1 saturated heterocycles. The molecule has 0 aliphatic carbocycles. The van der Waals surface area contributed by atoms with E-state index in [9.17, 15) is 9.59 Å². The molecule has 1 heterocycles. The molecular formula is C21H24N2O4S. The smallest absolute Gasteiger partial charge is 0.243 e. The molecule has 1 aliphatic heterocycles. The van der Waals surface area contributed by atoms with Crippen LogP contribution in [-0.4, -0.2) is 42.7 Å². The molecule has 0 bridgehead atoms. The molecule has 1 fully saturated rings. The fourth-order valence-corrected chi connectivity index (χ4v) is 4.65. The Hall–Kier alpha value is -2.67. The molecule has 6 nitrogen and oxygen atoms in total. The maximum Gasteiger partial charge on any atom is 0.243 e. The zero-order valence-electron chi connectivity index (χ0n) is 16.2. The quantitative estimate of drug-likeness (QED) is 0.807. The third-order valence-electron chi connectivity index (χ3n) is 4.69. The number of nitrogens with one attached hydrogen (secondary N) is 1. The highest BCUT2D eigenvalue weighted by Gasteiger charge is 2.40. The van der Waals surface area contributed by atoms with E-state index in [2.05, 4.69) is 5.32 Å². The van der Waals surface area contributed by atoms with Crippen molar-refractivity contribution in [3.8, 4) is 11.5 Å². The first kappa shape index (κ1) is 20.1. The fourth-order valence-electron chi connectivity index (χ4n) is 3.17. The van der Waals surface area contributed by atoms with Crippen molar-refractivity contribution in [2.45, 2.75) is 24.9 Å². The van der Waals surface area contributed by atoms with Crippen molar-refractivity contribution in [2.75, 3.05) is 20.0 Å². The predicted molar refractivity (Wildman–Crippen MR) is 109 cm³/mol. The summed E-state index contributed by atoms with van der Waals surface area (Å²) in [6.45, 7) is 1.91. The first-order valence-electron chi connectivity index (χ1n) is 8.98. The molecule has 0 spiro atoms. The zero-order valence-corrected chi connectivity index (χ0v) is 17.0. The van der Waals surface area contributed by atoms with Gasteiger partial charge in [0.15, 0.2) is 0 Å². The van der Waals surface area contributed by atoms with E-state index in [-0.39, 0.29) is 17.2 Å².